The third-order valence-electron chi connectivity index (χ3n) is 3.82. The molecule has 116 valence electrons. The molecule has 0 radical (unpaired) electrons. The van der Waals surface area contributed by atoms with Gasteiger partial charge in [-0.2, -0.15) is 0 Å². The SMILES string of the molecule is COC(=O)[C@H](CC(C)C)NC(=O)C1(CN)CCOCC1. The molecule has 0 bridgehead atoms. The predicted octanol–water partition coefficient (Wildman–Crippen LogP) is 0.446. The van der Waals surface area contributed by atoms with Gasteiger partial charge in [-0.3, -0.25) is 4.79 Å². The average molecular weight is 286 g/mol. The molecule has 1 saturated heterocycles. The number of ether oxygens (including phenoxy) is 2. The lowest BCUT2D eigenvalue weighted by Gasteiger charge is -2.35. The maximum atomic E-state index is 12.5. The third kappa shape index (κ3) is 4.18. The highest BCUT2D eigenvalue weighted by Gasteiger charge is 2.40. The number of nitrogens with two attached hydrogens (primary N) is 1. The van der Waals surface area contributed by atoms with Crippen molar-refractivity contribution in [1.82, 2.24) is 5.32 Å². The normalized spacial score (nSPS) is 19.4. The zero-order valence-electron chi connectivity index (χ0n) is 12.6. The average Bonchev–Trinajstić information content (AvgIpc) is 2.45. The van der Waals surface area contributed by atoms with Gasteiger partial charge in [0.2, 0.25) is 5.91 Å². The summed E-state index contributed by atoms with van der Waals surface area (Å²) in [5, 5.41) is 2.81. The van der Waals surface area contributed by atoms with Crippen LogP contribution >= 0.6 is 0 Å². The topological polar surface area (TPSA) is 90.7 Å². The zero-order valence-corrected chi connectivity index (χ0v) is 12.6. The molecule has 0 aromatic rings. The van der Waals surface area contributed by atoms with E-state index in [1.807, 2.05) is 13.8 Å². The van der Waals surface area contributed by atoms with Gasteiger partial charge in [-0.05, 0) is 25.2 Å². The van der Waals surface area contributed by atoms with Gasteiger partial charge in [-0.15, -0.1) is 0 Å². The van der Waals surface area contributed by atoms with Gasteiger partial charge in [-0.1, -0.05) is 13.8 Å². The molecule has 1 aliphatic rings. The van der Waals surface area contributed by atoms with E-state index in [0.717, 1.165) is 0 Å². The van der Waals surface area contributed by atoms with Crippen LogP contribution in [0.3, 0.4) is 0 Å². The van der Waals surface area contributed by atoms with Crippen LogP contribution in [0.2, 0.25) is 0 Å². The van der Waals surface area contributed by atoms with Crippen LogP contribution in [0.4, 0.5) is 0 Å². The minimum Gasteiger partial charge on any atom is -0.467 e. The second-order valence-electron chi connectivity index (χ2n) is 5.78. The molecule has 1 fully saturated rings. The van der Waals surface area contributed by atoms with E-state index in [-0.39, 0.29) is 18.4 Å². The first-order valence-electron chi connectivity index (χ1n) is 7.12. The molecular formula is C14H26N2O4. The van der Waals surface area contributed by atoms with Crippen molar-refractivity contribution in [3.05, 3.63) is 0 Å². The Kier molecular flexibility index (Phi) is 6.42. The molecular weight excluding hydrogens is 260 g/mol. The summed E-state index contributed by atoms with van der Waals surface area (Å²) >= 11 is 0. The molecule has 1 atom stereocenters. The molecule has 6 nitrogen and oxygen atoms in total. The second-order valence-corrected chi connectivity index (χ2v) is 5.78. The van der Waals surface area contributed by atoms with Gasteiger partial charge in [0.25, 0.3) is 0 Å². The van der Waals surface area contributed by atoms with E-state index in [9.17, 15) is 9.59 Å². The highest BCUT2D eigenvalue weighted by molar-refractivity contribution is 5.88. The number of carbonyl (C=O) groups excluding carboxylic acids is 2. The molecule has 0 aromatic carbocycles. The summed E-state index contributed by atoms with van der Waals surface area (Å²) in [6, 6.07) is -0.612. The number of hydrogen-bond donors (Lipinski definition) is 2. The molecule has 1 aliphatic heterocycles. The van der Waals surface area contributed by atoms with Gasteiger partial charge in [0.1, 0.15) is 6.04 Å². The van der Waals surface area contributed by atoms with E-state index in [1.54, 1.807) is 0 Å². The Balaban J connectivity index is 2.75. The van der Waals surface area contributed by atoms with E-state index < -0.39 is 17.4 Å². The largest absolute Gasteiger partial charge is 0.467 e. The van der Waals surface area contributed by atoms with Crippen LogP contribution in [0.1, 0.15) is 33.1 Å². The lowest BCUT2D eigenvalue weighted by atomic mass is 9.79. The second kappa shape index (κ2) is 7.59. The number of nitrogens with one attached hydrogen (secondary N) is 1. The molecule has 3 N–H and O–H groups in total. The first kappa shape index (κ1) is 16.9. The third-order valence-corrected chi connectivity index (χ3v) is 3.82. The van der Waals surface area contributed by atoms with E-state index in [1.165, 1.54) is 7.11 Å². The van der Waals surface area contributed by atoms with Crippen LogP contribution in [-0.4, -0.2) is 44.8 Å². The fourth-order valence-electron chi connectivity index (χ4n) is 2.43. The van der Waals surface area contributed by atoms with Crippen LogP contribution in [0.5, 0.6) is 0 Å². The van der Waals surface area contributed by atoms with Gasteiger partial charge in [-0.25, -0.2) is 4.79 Å². The number of hydrogen-bond acceptors (Lipinski definition) is 5. The van der Waals surface area contributed by atoms with Gasteiger partial charge in [0.15, 0.2) is 0 Å². The van der Waals surface area contributed by atoms with Crippen molar-refractivity contribution < 1.29 is 19.1 Å². The highest BCUT2D eigenvalue weighted by atomic mass is 16.5. The molecule has 0 aromatic heterocycles. The lowest BCUT2D eigenvalue weighted by molar-refractivity contribution is -0.148. The summed E-state index contributed by atoms with van der Waals surface area (Å²) in [5.74, 6) is -0.298. The minimum absolute atomic E-state index is 0.167. The summed E-state index contributed by atoms with van der Waals surface area (Å²) in [6.45, 7) is 5.30. The van der Waals surface area contributed by atoms with Gasteiger partial charge in [0.05, 0.1) is 12.5 Å². The summed E-state index contributed by atoms with van der Waals surface area (Å²) in [4.78, 5) is 24.3. The molecule has 20 heavy (non-hydrogen) atoms. The number of carbonyl (C=O) groups is 2. The van der Waals surface area contributed by atoms with Crippen molar-refractivity contribution in [1.29, 1.82) is 0 Å². The van der Waals surface area contributed by atoms with Crippen molar-refractivity contribution in [2.24, 2.45) is 17.1 Å². The van der Waals surface area contributed by atoms with Gasteiger partial charge < -0.3 is 20.5 Å². The molecule has 1 amide bonds. The summed E-state index contributed by atoms with van der Waals surface area (Å²) in [6.07, 6.45) is 1.73. The van der Waals surface area contributed by atoms with E-state index in [2.05, 4.69) is 5.32 Å². The summed E-state index contributed by atoms with van der Waals surface area (Å²) < 4.78 is 10.0. The Morgan fingerprint density at radius 1 is 1.35 bits per heavy atom. The Hall–Kier alpha value is -1.14. The summed E-state index contributed by atoms with van der Waals surface area (Å²) in [7, 11) is 1.33. The molecule has 0 aliphatic carbocycles. The molecule has 0 unspecified atom stereocenters. The standard InChI is InChI=1S/C14H26N2O4/c1-10(2)8-11(12(17)19-3)16-13(18)14(9-15)4-6-20-7-5-14/h10-11H,4-9,15H2,1-3H3,(H,16,18)/t11-/m0/s1. The fraction of sp³-hybridized carbons (Fsp3) is 0.857. The van der Waals surface area contributed by atoms with Gasteiger partial charge in [0, 0.05) is 19.8 Å². The Morgan fingerprint density at radius 2 is 1.95 bits per heavy atom. The highest BCUT2D eigenvalue weighted by Crippen LogP contribution is 2.29. The van der Waals surface area contributed by atoms with Crippen molar-refractivity contribution >= 4 is 11.9 Å². The molecule has 1 heterocycles. The van der Waals surface area contributed by atoms with Crippen molar-refractivity contribution in [3.8, 4) is 0 Å². The Bertz CT molecular complexity index is 338. The van der Waals surface area contributed by atoms with Crippen molar-refractivity contribution in [2.75, 3.05) is 26.9 Å². The number of esters is 1. The van der Waals surface area contributed by atoms with Crippen LogP contribution in [-0.2, 0) is 19.1 Å². The lowest BCUT2D eigenvalue weighted by Crippen LogP contribution is -2.53. The first-order chi connectivity index (χ1) is 9.45. The Labute approximate surface area is 120 Å². The maximum Gasteiger partial charge on any atom is 0.328 e. The number of rotatable bonds is 6. The fourth-order valence-corrected chi connectivity index (χ4v) is 2.43. The van der Waals surface area contributed by atoms with Crippen LogP contribution in [0.15, 0.2) is 0 Å². The van der Waals surface area contributed by atoms with Crippen molar-refractivity contribution in [2.45, 2.75) is 39.2 Å². The predicted molar refractivity (Wildman–Crippen MR) is 74.9 cm³/mol. The van der Waals surface area contributed by atoms with E-state index in [0.29, 0.717) is 32.5 Å². The van der Waals surface area contributed by atoms with Gasteiger partial charge >= 0.3 is 5.97 Å². The molecule has 0 spiro atoms. The number of amides is 1. The molecule has 0 saturated carbocycles. The monoisotopic (exact) mass is 286 g/mol. The van der Waals surface area contributed by atoms with Crippen molar-refractivity contribution in [3.63, 3.8) is 0 Å². The summed E-state index contributed by atoms with van der Waals surface area (Å²) in [5.41, 5.74) is 5.17. The van der Waals surface area contributed by atoms with Crippen LogP contribution < -0.4 is 11.1 Å². The quantitative estimate of drug-likeness (QED) is 0.692. The smallest absolute Gasteiger partial charge is 0.328 e. The first-order valence-corrected chi connectivity index (χ1v) is 7.12. The Morgan fingerprint density at radius 3 is 2.40 bits per heavy atom. The maximum absolute atomic E-state index is 12.5. The van der Waals surface area contributed by atoms with E-state index >= 15 is 0 Å². The molecule has 1 rings (SSSR count). The van der Waals surface area contributed by atoms with Crippen LogP contribution in [0.25, 0.3) is 0 Å². The minimum atomic E-state index is -0.624. The van der Waals surface area contributed by atoms with E-state index in [4.69, 9.17) is 15.2 Å². The van der Waals surface area contributed by atoms with Crippen LogP contribution in [0, 0.1) is 11.3 Å². The molecule has 6 heteroatoms. The zero-order chi connectivity index (χ0) is 15.2. The number of methoxy groups -OCH3 is 1.